The fourth-order valence-electron chi connectivity index (χ4n) is 5.13. The lowest BCUT2D eigenvalue weighted by Crippen LogP contribution is -2.32. The fourth-order valence-corrected chi connectivity index (χ4v) is 6.28. The summed E-state index contributed by atoms with van der Waals surface area (Å²) in [6.45, 7) is 4.41. The summed E-state index contributed by atoms with van der Waals surface area (Å²) in [5, 5.41) is 0. The number of aryl methyl sites for hydroxylation is 2. The van der Waals surface area contributed by atoms with E-state index in [2.05, 4.69) is 98.8 Å². The van der Waals surface area contributed by atoms with Gasteiger partial charge in [0.2, 0.25) is 0 Å². The minimum atomic E-state index is -0.235. The van der Waals surface area contributed by atoms with Crippen molar-refractivity contribution in [1.29, 1.82) is 0 Å². The van der Waals surface area contributed by atoms with E-state index in [4.69, 9.17) is 0 Å². The summed E-state index contributed by atoms with van der Waals surface area (Å²) in [6.07, 6.45) is 0. The van der Waals surface area contributed by atoms with Crippen LogP contribution in [0.15, 0.2) is 94.7 Å². The van der Waals surface area contributed by atoms with Crippen molar-refractivity contribution in [2.24, 2.45) is 0 Å². The molecule has 0 bridgehead atoms. The van der Waals surface area contributed by atoms with Gasteiger partial charge in [-0.15, -0.1) is 0 Å². The zero-order chi connectivity index (χ0) is 18.9. The van der Waals surface area contributed by atoms with Crippen LogP contribution in [0, 0.1) is 13.8 Å². The summed E-state index contributed by atoms with van der Waals surface area (Å²) in [6, 6.07) is 31.9. The molecule has 1 heterocycles. The SMILES string of the molecule is Cc1ccc2c(c1)C1(c3cc(C)ccc3S2)c2ccccc2-c2ccccc21. The molecule has 0 unspecified atom stereocenters. The summed E-state index contributed by atoms with van der Waals surface area (Å²) in [5.41, 5.74) is 10.8. The van der Waals surface area contributed by atoms with E-state index in [9.17, 15) is 0 Å². The zero-order valence-corrected chi connectivity index (χ0v) is 16.8. The average molecular weight is 377 g/mol. The predicted molar refractivity (Wildman–Crippen MR) is 117 cm³/mol. The highest BCUT2D eigenvalue weighted by molar-refractivity contribution is 7.99. The van der Waals surface area contributed by atoms with E-state index in [1.807, 2.05) is 11.8 Å². The van der Waals surface area contributed by atoms with E-state index in [0.717, 1.165) is 0 Å². The summed E-state index contributed by atoms with van der Waals surface area (Å²) in [5.74, 6) is 0. The lowest BCUT2D eigenvalue weighted by atomic mass is 9.67. The molecule has 0 fully saturated rings. The van der Waals surface area contributed by atoms with Crippen LogP contribution in [-0.4, -0.2) is 0 Å². The van der Waals surface area contributed by atoms with Gasteiger partial charge in [-0.3, -0.25) is 0 Å². The first-order valence-electron chi connectivity index (χ1n) is 9.79. The highest BCUT2D eigenvalue weighted by Crippen LogP contribution is 2.62. The molecule has 4 aromatic rings. The second kappa shape index (κ2) is 5.62. The van der Waals surface area contributed by atoms with Gasteiger partial charge in [0, 0.05) is 9.79 Å². The molecule has 4 aromatic carbocycles. The Morgan fingerprint density at radius 2 is 1.00 bits per heavy atom. The number of fused-ring (bicyclic) bond motifs is 9. The second-order valence-corrected chi connectivity index (χ2v) is 9.03. The number of hydrogen-bond donors (Lipinski definition) is 0. The molecule has 2 aliphatic rings. The van der Waals surface area contributed by atoms with Crippen LogP contribution in [0.25, 0.3) is 11.1 Å². The number of hydrogen-bond acceptors (Lipinski definition) is 1. The van der Waals surface area contributed by atoms with Crippen LogP contribution in [0.1, 0.15) is 33.4 Å². The van der Waals surface area contributed by atoms with Crippen molar-refractivity contribution in [3.05, 3.63) is 118 Å². The Kier molecular flexibility index (Phi) is 3.25. The van der Waals surface area contributed by atoms with Crippen LogP contribution in [0.5, 0.6) is 0 Å². The van der Waals surface area contributed by atoms with Gasteiger partial charge in [0.25, 0.3) is 0 Å². The molecule has 0 saturated heterocycles. The molecule has 1 heteroatoms. The van der Waals surface area contributed by atoms with Crippen LogP contribution in [0.2, 0.25) is 0 Å². The molecule has 0 nitrogen and oxygen atoms in total. The lowest BCUT2D eigenvalue weighted by molar-refractivity contribution is 0.720. The van der Waals surface area contributed by atoms with Gasteiger partial charge >= 0.3 is 0 Å². The minimum Gasteiger partial charge on any atom is -0.0894 e. The van der Waals surface area contributed by atoms with E-state index in [1.54, 1.807) is 0 Å². The first-order chi connectivity index (χ1) is 13.7. The van der Waals surface area contributed by atoms with E-state index in [0.29, 0.717) is 0 Å². The second-order valence-electron chi connectivity index (χ2n) is 7.94. The van der Waals surface area contributed by atoms with Gasteiger partial charge in [-0.1, -0.05) is 95.7 Å². The van der Waals surface area contributed by atoms with Crippen molar-refractivity contribution < 1.29 is 0 Å². The van der Waals surface area contributed by atoms with Gasteiger partial charge in [0.05, 0.1) is 5.41 Å². The van der Waals surface area contributed by atoms with E-state index in [1.165, 1.54) is 54.3 Å². The Bertz CT molecular complexity index is 1170. The minimum absolute atomic E-state index is 0.235. The summed E-state index contributed by atoms with van der Waals surface area (Å²) < 4.78 is 0. The highest BCUT2D eigenvalue weighted by atomic mass is 32.2. The van der Waals surface area contributed by atoms with Crippen LogP contribution >= 0.6 is 11.8 Å². The summed E-state index contributed by atoms with van der Waals surface area (Å²) in [4.78, 5) is 2.74. The summed E-state index contributed by atoms with van der Waals surface area (Å²) in [7, 11) is 0. The van der Waals surface area contributed by atoms with Crippen LogP contribution in [0.3, 0.4) is 0 Å². The van der Waals surface area contributed by atoms with Crippen LogP contribution in [0.4, 0.5) is 0 Å². The maximum absolute atomic E-state index is 2.41. The van der Waals surface area contributed by atoms with Crippen LogP contribution in [-0.2, 0) is 5.41 Å². The normalized spacial score (nSPS) is 14.9. The van der Waals surface area contributed by atoms with Crippen molar-refractivity contribution in [1.82, 2.24) is 0 Å². The Labute approximate surface area is 170 Å². The Hall–Kier alpha value is -2.77. The smallest absolute Gasteiger partial charge is 0.0735 e. The molecule has 6 rings (SSSR count). The fraction of sp³-hybridized carbons (Fsp3) is 0.111. The molecule has 0 radical (unpaired) electrons. The molecule has 1 aliphatic carbocycles. The number of benzene rings is 4. The maximum atomic E-state index is 2.41. The Morgan fingerprint density at radius 3 is 1.50 bits per heavy atom. The molecule has 0 saturated carbocycles. The van der Waals surface area contributed by atoms with E-state index in [-0.39, 0.29) is 5.41 Å². The first-order valence-corrected chi connectivity index (χ1v) is 10.6. The van der Waals surface area contributed by atoms with Gasteiger partial charge < -0.3 is 0 Å². The summed E-state index contributed by atoms with van der Waals surface area (Å²) >= 11 is 1.91. The van der Waals surface area contributed by atoms with E-state index >= 15 is 0 Å². The number of rotatable bonds is 0. The van der Waals surface area contributed by atoms with Crippen molar-refractivity contribution in [2.75, 3.05) is 0 Å². The maximum Gasteiger partial charge on any atom is 0.0735 e. The van der Waals surface area contributed by atoms with Gasteiger partial charge in [0.15, 0.2) is 0 Å². The Morgan fingerprint density at radius 1 is 0.536 bits per heavy atom. The first kappa shape index (κ1) is 16.2. The third-order valence-corrected chi connectivity index (χ3v) is 7.40. The molecule has 0 aromatic heterocycles. The zero-order valence-electron chi connectivity index (χ0n) is 16.0. The molecular weight excluding hydrogens is 356 g/mol. The largest absolute Gasteiger partial charge is 0.0894 e. The average Bonchev–Trinajstić information content (AvgIpc) is 3.01. The third kappa shape index (κ3) is 1.92. The van der Waals surface area contributed by atoms with Crippen molar-refractivity contribution in [2.45, 2.75) is 29.1 Å². The molecule has 0 N–H and O–H groups in total. The molecule has 28 heavy (non-hydrogen) atoms. The van der Waals surface area contributed by atoms with Crippen molar-refractivity contribution >= 4 is 11.8 Å². The molecular formula is C27H20S. The van der Waals surface area contributed by atoms with Crippen molar-refractivity contribution in [3.63, 3.8) is 0 Å². The van der Waals surface area contributed by atoms with Gasteiger partial charge in [-0.25, -0.2) is 0 Å². The topological polar surface area (TPSA) is 0 Å². The van der Waals surface area contributed by atoms with Crippen molar-refractivity contribution in [3.8, 4) is 11.1 Å². The standard InChI is InChI=1S/C27H20S/c1-17-11-13-25-23(15-17)27(24-16-18(2)12-14-26(24)28-25)21-9-5-3-7-19(21)20-8-4-6-10-22(20)27/h3-16H,1-2H3. The molecule has 134 valence electrons. The molecule has 1 spiro atoms. The third-order valence-electron chi connectivity index (χ3n) is 6.25. The van der Waals surface area contributed by atoms with Gasteiger partial charge in [-0.05, 0) is 59.4 Å². The molecule has 0 amide bonds. The highest BCUT2D eigenvalue weighted by Gasteiger charge is 2.50. The molecule has 1 aliphatic heterocycles. The van der Waals surface area contributed by atoms with Crippen LogP contribution < -0.4 is 0 Å². The van der Waals surface area contributed by atoms with Gasteiger partial charge in [0.1, 0.15) is 0 Å². The van der Waals surface area contributed by atoms with Gasteiger partial charge in [-0.2, -0.15) is 0 Å². The monoisotopic (exact) mass is 376 g/mol. The lowest BCUT2D eigenvalue weighted by Gasteiger charge is -2.40. The van der Waals surface area contributed by atoms with E-state index < -0.39 is 0 Å². The Balaban J connectivity index is 1.86. The molecule has 0 atom stereocenters. The quantitative estimate of drug-likeness (QED) is 0.272. The predicted octanol–water partition coefficient (Wildman–Crippen LogP) is 7.13.